The fraction of sp³-hybridized carbons (Fsp3) is 0.286. The van der Waals surface area contributed by atoms with Crippen LogP contribution in [0.2, 0.25) is 5.02 Å². The molecule has 1 atom stereocenters. The number of anilines is 1. The van der Waals surface area contributed by atoms with Crippen molar-refractivity contribution in [2.75, 3.05) is 4.90 Å². The van der Waals surface area contributed by atoms with Crippen LogP contribution in [0.4, 0.5) is 5.69 Å². The highest BCUT2D eigenvalue weighted by Crippen LogP contribution is 2.43. The summed E-state index contributed by atoms with van der Waals surface area (Å²) >= 11 is 9.61. The van der Waals surface area contributed by atoms with Crippen molar-refractivity contribution in [3.63, 3.8) is 0 Å². The van der Waals surface area contributed by atoms with Gasteiger partial charge in [-0.25, -0.2) is 4.98 Å². The first-order chi connectivity index (χ1) is 13.7. The third-order valence-corrected chi connectivity index (χ3v) is 5.98. The minimum absolute atomic E-state index is 0.0893. The lowest BCUT2D eigenvalue weighted by atomic mass is 10.0. The van der Waals surface area contributed by atoms with Crippen molar-refractivity contribution in [2.24, 2.45) is 7.05 Å². The predicted molar refractivity (Wildman–Crippen MR) is 117 cm³/mol. The highest BCUT2D eigenvalue weighted by Gasteiger charge is 2.44. The number of aromatic nitrogens is 3. The average molecular weight is 476 g/mol. The molecule has 1 aromatic carbocycles. The highest BCUT2D eigenvalue weighted by molar-refractivity contribution is 9.10. The first-order valence-electron chi connectivity index (χ1n) is 9.24. The van der Waals surface area contributed by atoms with Crippen molar-refractivity contribution in [1.82, 2.24) is 14.1 Å². The minimum Gasteiger partial charge on any atom is -0.317 e. The summed E-state index contributed by atoms with van der Waals surface area (Å²) in [5, 5.41) is 0.626. The van der Waals surface area contributed by atoms with Gasteiger partial charge in [0.15, 0.2) is 10.4 Å². The normalized spacial score (nSPS) is 16.0. The van der Waals surface area contributed by atoms with Crippen LogP contribution in [0.15, 0.2) is 46.1 Å². The number of carbonyl (C=O) groups excluding carboxylic acids is 1. The van der Waals surface area contributed by atoms with Crippen molar-refractivity contribution in [3.05, 3.63) is 79.2 Å². The first kappa shape index (κ1) is 19.9. The predicted octanol–water partition coefficient (Wildman–Crippen LogP) is 4.64. The van der Waals surface area contributed by atoms with Gasteiger partial charge in [-0.1, -0.05) is 23.7 Å². The third kappa shape index (κ3) is 3.13. The van der Waals surface area contributed by atoms with Gasteiger partial charge in [0.1, 0.15) is 6.04 Å². The van der Waals surface area contributed by atoms with Crippen LogP contribution in [0.25, 0.3) is 0 Å². The Morgan fingerprint density at radius 3 is 2.41 bits per heavy atom. The maximum absolute atomic E-state index is 13.5. The van der Waals surface area contributed by atoms with Gasteiger partial charge < -0.3 is 9.13 Å². The van der Waals surface area contributed by atoms with Crippen molar-refractivity contribution in [2.45, 2.75) is 32.9 Å². The lowest BCUT2D eigenvalue weighted by molar-refractivity contribution is 0.0989. The monoisotopic (exact) mass is 474 g/mol. The molecule has 1 aliphatic rings. The maximum Gasteiger partial charge on any atom is 0.279 e. The molecule has 4 rings (SSSR count). The van der Waals surface area contributed by atoms with Gasteiger partial charge in [-0.05, 0) is 60.5 Å². The number of hydrogen-bond donors (Lipinski definition) is 0. The van der Waals surface area contributed by atoms with Crippen molar-refractivity contribution in [1.29, 1.82) is 0 Å². The fourth-order valence-electron chi connectivity index (χ4n) is 3.89. The van der Waals surface area contributed by atoms with E-state index in [-0.39, 0.29) is 23.6 Å². The molecule has 0 bridgehead atoms. The smallest absolute Gasteiger partial charge is 0.279 e. The van der Waals surface area contributed by atoms with Gasteiger partial charge in [0.05, 0.1) is 11.4 Å². The Morgan fingerprint density at radius 1 is 1.17 bits per heavy atom. The molecular weight excluding hydrogens is 456 g/mol. The Morgan fingerprint density at radius 2 is 1.83 bits per heavy atom. The van der Waals surface area contributed by atoms with Gasteiger partial charge in [0.2, 0.25) is 0 Å². The third-order valence-electron chi connectivity index (χ3n) is 5.17. The average Bonchev–Trinajstić information content (AvgIpc) is 3.13. The molecular formula is C21H20BrClN4O2. The van der Waals surface area contributed by atoms with Crippen LogP contribution in [0.1, 0.15) is 53.2 Å². The lowest BCUT2D eigenvalue weighted by Crippen LogP contribution is -2.32. The van der Waals surface area contributed by atoms with E-state index < -0.39 is 0 Å². The van der Waals surface area contributed by atoms with Crippen LogP contribution in [0.5, 0.6) is 0 Å². The molecule has 0 saturated heterocycles. The number of halogens is 2. The number of hydrogen-bond acceptors (Lipinski definition) is 3. The zero-order chi connectivity index (χ0) is 21.0. The van der Waals surface area contributed by atoms with E-state index in [0.29, 0.717) is 26.7 Å². The van der Waals surface area contributed by atoms with Gasteiger partial charge in [-0.15, -0.1) is 0 Å². The number of nitrogens with zero attached hydrogens (tertiary/aromatic N) is 4. The summed E-state index contributed by atoms with van der Waals surface area (Å²) in [6.07, 6.45) is 1.69. The molecule has 1 unspecified atom stereocenters. The Bertz CT molecular complexity index is 1150. The number of imidazole rings is 1. The van der Waals surface area contributed by atoms with Crippen molar-refractivity contribution >= 4 is 39.1 Å². The van der Waals surface area contributed by atoms with Crippen LogP contribution < -0.4 is 10.5 Å². The number of amides is 1. The Kier molecular flexibility index (Phi) is 4.91. The van der Waals surface area contributed by atoms with E-state index in [4.69, 9.17) is 11.6 Å². The van der Waals surface area contributed by atoms with Gasteiger partial charge in [0, 0.05) is 29.9 Å². The van der Waals surface area contributed by atoms with Gasteiger partial charge in [-0.2, -0.15) is 0 Å². The number of rotatable bonds is 3. The van der Waals surface area contributed by atoms with E-state index in [1.807, 2.05) is 28.8 Å². The molecule has 0 saturated carbocycles. The Balaban J connectivity index is 1.99. The molecule has 0 radical (unpaired) electrons. The number of pyridine rings is 1. The molecule has 0 fully saturated rings. The summed E-state index contributed by atoms with van der Waals surface area (Å²) in [5.41, 5.74) is 3.29. The van der Waals surface area contributed by atoms with Crippen molar-refractivity contribution in [3.8, 4) is 0 Å². The van der Waals surface area contributed by atoms with Gasteiger partial charge in [0.25, 0.3) is 11.5 Å². The fourth-order valence-corrected chi connectivity index (χ4v) is 4.79. The SMILES string of the molecule is Cc1cc(N2C(=O)c3nc(Br)n(C(C)C)c3C2c2ccc(Cl)cc2)cn(C)c1=O. The quantitative estimate of drug-likeness (QED) is 0.554. The number of aryl methyl sites for hydroxylation is 2. The molecule has 8 heteroatoms. The summed E-state index contributed by atoms with van der Waals surface area (Å²) in [7, 11) is 1.69. The molecule has 2 aromatic heterocycles. The summed E-state index contributed by atoms with van der Waals surface area (Å²) < 4.78 is 4.15. The molecule has 6 nitrogen and oxygen atoms in total. The second-order valence-electron chi connectivity index (χ2n) is 7.51. The molecule has 0 N–H and O–H groups in total. The molecule has 3 heterocycles. The molecule has 0 aliphatic carbocycles. The van der Waals surface area contributed by atoms with Crippen LogP contribution >= 0.6 is 27.5 Å². The Hall–Kier alpha value is -2.38. The van der Waals surface area contributed by atoms with Gasteiger partial charge in [-0.3, -0.25) is 14.5 Å². The zero-order valence-electron chi connectivity index (χ0n) is 16.5. The molecule has 29 heavy (non-hydrogen) atoms. The second-order valence-corrected chi connectivity index (χ2v) is 8.65. The molecule has 1 aliphatic heterocycles. The van der Waals surface area contributed by atoms with Crippen molar-refractivity contribution < 1.29 is 4.79 Å². The van der Waals surface area contributed by atoms with Crippen LogP contribution in [-0.2, 0) is 7.05 Å². The zero-order valence-corrected chi connectivity index (χ0v) is 18.8. The van der Waals surface area contributed by atoms with E-state index in [9.17, 15) is 9.59 Å². The highest BCUT2D eigenvalue weighted by atomic mass is 79.9. The first-order valence-corrected chi connectivity index (χ1v) is 10.4. The standard InChI is InChI=1S/C21H20BrClN4O2/c1-11(2)26-18-16(24-21(26)22)20(29)27(15-9-12(3)19(28)25(4)10-15)17(18)13-5-7-14(23)8-6-13/h5-11,17H,1-4H3. The largest absolute Gasteiger partial charge is 0.317 e. The lowest BCUT2D eigenvalue weighted by Gasteiger charge is -2.28. The van der Waals surface area contributed by atoms with Crippen LogP contribution in [-0.4, -0.2) is 20.0 Å². The topological polar surface area (TPSA) is 60.1 Å². The molecule has 1 amide bonds. The molecule has 0 spiro atoms. The van der Waals surface area contributed by atoms with E-state index in [1.54, 1.807) is 31.1 Å². The minimum atomic E-state index is -0.382. The Labute approximate surface area is 181 Å². The van der Waals surface area contributed by atoms with Crippen LogP contribution in [0.3, 0.4) is 0 Å². The number of fused-ring (bicyclic) bond motifs is 1. The van der Waals surface area contributed by atoms with E-state index >= 15 is 0 Å². The van der Waals surface area contributed by atoms with Gasteiger partial charge >= 0.3 is 0 Å². The summed E-state index contributed by atoms with van der Waals surface area (Å²) in [5.74, 6) is -0.196. The second kappa shape index (κ2) is 7.15. The summed E-state index contributed by atoms with van der Waals surface area (Å²) in [6.45, 7) is 5.85. The number of benzene rings is 1. The van der Waals surface area contributed by atoms with E-state index in [1.165, 1.54) is 4.57 Å². The number of carbonyl (C=O) groups is 1. The summed E-state index contributed by atoms with van der Waals surface area (Å²) in [6, 6.07) is 8.94. The summed E-state index contributed by atoms with van der Waals surface area (Å²) in [4.78, 5) is 31.9. The molecule has 150 valence electrons. The van der Waals surface area contributed by atoms with E-state index in [0.717, 1.165) is 11.3 Å². The van der Waals surface area contributed by atoms with Crippen LogP contribution in [0, 0.1) is 6.92 Å². The maximum atomic E-state index is 13.5. The molecule has 3 aromatic rings. The van der Waals surface area contributed by atoms with E-state index in [2.05, 4.69) is 34.8 Å².